The fourth-order valence-electron chi connectivity index (χ4n) is 2.30. The van der Waals surface area contributed by atoms with Crippen molar-refractivity contribution in [3.8, 4) is 0 Å². The molecule has 1 N–H and O–H groups in total. The highest BCUT2D eigenvalue weighted by atomic mass is 32.2. The van der Waals surface area contributed by atoms with Crippen LogP contribution in [0.25, 0.3) is 0 Å². The Labute approximate surface area is 91.7 Å². The van der Waals surface area contributed by atoms with Crippen LogP contribution in [-0.2, 0) is 0 Å². The molecule has 2 rings (SSSR count). The van der Waals surface area contributed by atoms with Gasteiger partial charge in [0.2, 0.25) is 0 Å². The molecule has 2 unspecified atom stereocenters. The Morgan fingerprint density at radius 3 is 2.93 bits per heavy atom. The molecule has 1 nitrogen and oxygen atoms in total. The molecule has 0 bridgehead atoms. The lowest BCUT2D eigenvalue weighted by molar-refractivity contribution is 0.440. The van der Waals surface area contributed by atoms with Gasteiger partial charge in [0.25, 0.3) is 0 Å². The summed E-state index contributed by atoms with van der Waals surface area (Å²) >= 11 is 2.15. The van der Waals surface area contributed by atoms with Crippen molar-refractivity contribution in [3.05, 3.63) is 12.2 Å². The van der Waals surface area contributed by atoms with Gasteiger partial charge in [-0.1, -0.05) is 12.2 Å². The van der Waals surface area contributed by atoms with Gasteiger partial charge in [0.1, 0.15) is 0 Å². The molecule has 0 aromatic rings. The molecule has 14 heavy (non-hydrogen) atoms. The third kappa shape index (κ3) is 3.32. The molecule has 2 heteroatoms. The normalized spacial score (nSPS) is 32.3. The predicted octanol–water partition coefficient (Wildman–Crippen LogP) is 2.83. The van der Waals surface area contributed by atoms with Crippen molar-refractivity contribution in [2.75, 3.05) is 18.8 Å². The van der Waals surface area contributed by atoms with Crippen LogP contribution >= 0.6 is 11.8 Å². The van der Waals surface area contributed by atoms with Gasteiger partial charge in [0.15, 0.2) is 0 Å². The van der Waals surface area contributed by atoms with E-state index in [2.05, 4.69) is 29.2 Å². The number of rotatable bonds is 4. The first-order valence-electron chi connectivity index (χ1n) is 5.92. The molecule has 1 saturated heterocycles. The molecule has 1 fully saturated rings. The van der Waals surface area contributed by atoms with Crippen LogP contribution in [0.4, 0.5) is 0 Å². The summed E-state index contributed by atoms with van der Waals surface area (Å²) in [5.74, 6) is 2.30. The standard InChI is InChI=1S/C12H21NS/c1-2-5-11(6-3-1)9-13-10-12-7-4-8-14-12/h1-2,11-13H,3-10H2. The predicted molar refractivity (Wildman–Crippen MR) is 64.8 cm³/mol. The van der Waals surface area contributed by atoms with Crippen LogP contribution in [0.5, 0.6) is 0 Å². The Kier molecular flexibility index (Phi) is 4.39. The number of allylic oxidation sites excluding steroid dienone is 2. The maximum atomic E-state index is 3.64. The van der Waals surface area contributed by atoms with Gasteiger partial charge < -0.3 is 5.32 Å². The fraction of sp³-hybridized carbons (Fsp3) is 0.833. The highest BCUT2D eigenvalue weighted by molar-refractivity contribution is 8.00. The zero-order valence-corrected chi connectivity index (χ0v) is 9.69. The average molecular weight is 211 g/mol. The smallest absolute Gasteiger partial charge is 0.0172 e. The zero-order valence-electron chi connectivity index (χ0n) is 8.87. The lowest BCUT2D eigenvalue weighted by Gasteiger charge is -2.19. The molecule has 0 amide bonds. The van der Waals surface area contributed by atoms with Gasteiger partial charge in [0, 0.05) is 11.8 Å². The molecule has 80 valence electrons. The van der Waals surface area contributed by atoms with E-state index in [4.69, 9.17) is 0 Å². The van der Waals surface area contributed by atoms with E-state index in [1.807, 2.05) is 0 Å². The summed E-state index contributed by atoms with van der Waals surface area (Å²) < 4.78 is 0. The van der Waals surface area contributed by atoms with Crippen molar-refractivity contribution in [1.29, 1.82) is 0 Å². The van der Waals surface area contributed by atoms with Crippen molar-refractivity contribution in [3.63, 3.8) is 0 Å². The molecule has 1 aliphatic heterocycles. The van der Waals surface area contributed by atoms with Gasteiger partial charge >= 0.3 is 0 Å². The quantitative estimate of drug-likeness (QED) is 0.718. The maximum absolute atomic E-state index is 3.64. The van der Waals surface area contributed by atoms with Gasteiger partial charge in [-0.15, -0.1) is 0 Å². The summed E-state index contributed by atoms with van der Waals surface area (Å²) in [5, 5.41) is 4.55. The molecule has 0 aromatic carbocycles. The third-order valence-corrected chi connectivity index (χ3v) is 4.60. The molecule has 0 spiro atoms. The molecule has 1 aliphatic carbocycles. The molecule has 0 saturated carbocycles. The minimum absolute atomic E-state index is 0.909. The maximum Gasteiger partial charge on any atom is 0.0172 e. The molecule has 0 radical (unpaired) electrons. The molecular weight excluding hydrogens is 190 g/mol. The summed E-state index contributed by atoms with van der Waals surface area (Å²) in [5.41, 5.74) is 0. The summed E-state index contributed by atoms with van der Waals surface area (Å²) in [6.45, 7) is 2.48. The Bertz CT molecular complexity index is 185. The van der Waals surface area contributed by atoms with E-state index < -0.39 is 0 Å². The zero-order chi connectivity index (χ0) is 9.64. The van der Waals surface area contributed by atoms with Crippen LogP contribution < -0.4 is 5.32 Å². The Hall–Kier alpha value is 0.0500. The molecule has 0 aromatic heterocycles. The second-order valence-corrected chi connectivity index (χ2v) is 5.85. The Morgan fingerprint density at radius 2 is 2.21 bits per heavy atom. The minimum Gasteiger partial charge on any atom is -0.315 e. The van der Waals surface area contributed by atoms with E-state index in [0.717, 1.165) is 11.2 Å². The monoisotopic (exact) mass is 211 g/mol. The van der Waals surface area contributed by atoms with Crippen LogP contribution in [0.15, 0.2) is 12.2 Å². The van der Waals surface area contributed by atoms with E-state index in [-0.39, 0.29) is 0 Å². The molecule has 1 heterocycles. The summed E-state index contributed by atoms with van der Waals surface area (Å²) in [7, 11) is 0. The van der Waals surface area contributed by atoms with E-state index >= 15 is 0 Å². The van der Waals surface area contributed by atoms with E-state index in [0.29, 0.717) is 0 Å². The van der Waals surface area contributed by atoms with E-state index in [1.165, 1.54) is 50.9 Å². The van der Waals surface area contributed by atoms with Crippen molar-refractivity contribution in [2.45, 2.75) is 37.4 Å². The van der Waals surface area contributed by atoms with Gasteiger partial charge in [-0.05, 0) is 50.3 Å². The number of hydrogen-bond donors (Lipinski definition) is 1. The second-order valence-electron chi connectivity index (χ2n) is 4.44. The SMILES string of the molecule is C1=CCC(CNCC2CCCS2)CC1. The first kappa shape index (κ1) is 10.6. The first-order valence-corrected chi connectivity index (χ1v) is 6.97. The van der Waals surface area contributed by atoms with Gasteiger partial charge in [-0.25, -0.2) is 0 Å². The molecule has 2 aliphatic rings. The van der Waals surface area contributed by atoms with Gasteiger partial charge in [0.05, 0.1) is 0 Å². The largest absolute Gasteiger partial charge is 0.315 e. The summed E-state index contributed by atoms with van der Waals surface area (Å²) in [4.78, 5) is 0. The highest BCUT2D eigenvalue weighted by Gasteiger charge is 2.15. The molecule has 2 atom stereocenters. The van der Waals surface area contributed by atoms with E-state index in [1.54, 1.807) is 0 Å². The fourth-order valence-corrected chi connectivity index (χ4v) is 3.53. The number of thioether (sulfide) groups is 1. The highest BCUT2D eigenvalue weighted by Crippen LogP contribution is 2.25. The van der Waals surface area contributed by atoms with Crippen molar-refractivity contribution >= 4 is 11.8 Å². The van der Waals surface area contributed by atoms with Crippen molar-refractivity contribution in [2.24, 2.45) is 5.92 Å². The minimum atomic E-state index is 0.909. The van der Waals surface area contributed by atoms with Crippen LogP contribution in [-0.4, -0.2) is 24.1 Å². The summed E-state index contributed by atoms with van der Waals surface area (Å²) in [6, 6.07) is 0. The van der Waals surface area contributed by atoms with Crippen LogP contribution in [0.1, 0.15) is 32.1 Å². The third-order valence-electron chi connectivity index (χ3n) is 3.21. The first-order chi connectivity index (χ1) is 6.95. The van der Waals surface area contributed by atoms with Crippen molar-refractivity contribution < 1.29 is 0 Å². The average Bonchev–Trinajstić information content (AvgIpc) is 2.72. The van der Waals surface area contributed by atoms with Gasteiger partial charge in [-0.3, -0.25) is 0 Å². The van der Waals surface area contributed by atoms with Crippen LogP contribution in [0, 0.1) is 5.92 Å². The lowest BCUT2D eigenvalue weighted by Crippen LogP contribution is -2.29. The van der Waals surface area contributed by atoms with Crippen molar-refractivity contribution in [1.82, 2.24) is 5.32 Å². The van der Waals surface area contributed by atoms with Gasteiger partial charge in [-0.2, -0.15) is 11.8 Å². The topological polar surface area (TPSA) is 12.0 Å². The molecular formula is C12H21NS. The summed E-state index contributed by atoms with van der Waals surface area (Å²) in [6.07, 6.45) is 11.5. The lowest BCUT2D eigenvalue weighted by atomic mass is 9.94. The number of hydrogen-bond acceptors (Lipinski definition) is 2. The number of nitrogens with one attached hydrogen (secondary N) is 1. The van der Waals surface area contributed by atoms with E-state index in [9.17, 15) is 0 Å². The van der Waals surface area contributed by atoms with Crippen LogP contribution in [0.3, 0.4) is 0 Å². The Balaban J connectivity index is 1.55. The van der Waals surface area contributed by atoms with Crippen LogP contribution in [0.2, 0.25) is 0 Å². The second kappa shape index (κ2) is 5.82. The Morgan fingerprint density at radius 1 is 1.21 bits per heavy atom.